The normalized spacial score (nSPS) is 22.1. The molecule has 3 N–H and O–H groups in total. The standard InChI is InChI=1S/C23H28N6O3/c1-14-11-28(12-15-6-8-16(9-7-15)22(30)27-32)13-19(14)20-25-21-18(23(31)26-20)10-24-29(21)17-4-2-3-5-17/h6-10,14,17,19,32H,2-5,11-13H2,1H3,(H,27,30)(H,25,26,31)/t14-,19-/m0/s1. The van der Waals surface area contributed by atoms with Crippen molar-refractivity contribution in [3.8, 4) is 0 Å². The van der Waals surface area contributed by atoms with Gasteiger partial charge in [-0.25, -0.2) is 15.1 Å². The van der Waals surface area contributed by atoms with E-state index in [1.165, 1.54) is 12.8 Å². The number of hydrogen-bond acceptors (Lipinski definition) is 6. The van der Waals surface area contributed by atoms with Crippen LogP contribution in [-0.4, -0.2) is 48.9 Å². The van der Waals surface area contributed by atoms with Crippen LogP contribution in [0.4, 0.5) is 0 Å². The lowest BCUT2D eigenvalue weighted by molar-refractivity contribution is 0.0706. The molecule has 2 atom stereocenters. The van der Waals surface area contributed by atoms with Gasteiger partial charge in [0.05, 0.1) is 12.2 Å². The van der Waals surface area contributed by atoms with E-state index in [4.69, 9.17) is 10.2 Å². The predicted octanol–water partition coefficient (Wildman–Crippen LogP) is 2.59. The molecule has 168 valence electrons. The van der Waals surface area contributed by atoms with E-state index in [2.05, 4.69) is 21.9 Å². The van der Waals surface area contributed by atoms with Gasteiger partial charge in [-0.15, -0.1) is 0 Å². The van der Waals surface area contributed by atoms with Gasteiger partial charge in [0.2, 0.25) is 0 Å². The van der Waals surface area contributed by atoms with Gasteiger partial charge in [0.25, 0.3) is 11.5 Å². The van der Waals surface area contributed by atoms with Crippen LogP contribution in [-0.2, 0) is 6.54 Å². The van der Waals surface area contributed by atoms with Crippen molar-refractivity contribution in [1.29, 1.82) is 0 Å². The summed E-state index contributed by atoms with van der Waals surface area (Å²) >= 11 is 0. The summed E-state index contributed by atoms with van der Waals surface area (Å²) < 4.78 is 1.96. The Hall–Kier alpha value is -3.04. The number of likely N-dealkylation sites (tertiary alicyclic amines) is 1. The number of aromatic amines is 1. The number of H-pyrrole nitrogens is 1. The smallest absolute Gasteiger partial charge is 0.274 e. The first kappa shape index (κ1) is 20.8. The van der Waals surface area contributed by atoms with Gasteiger partial charge >= 0.3 is 0 Å². The van der Waals surface area contributed by atoms with Crippen molar-refractivity contribution in [2.45, 2.75) is 51.1 Å². The molecule has 3 aromatic rings. The van der Waals surface area contributed by atoms with Crippen LogP contribution >= 0.6 is 0 Å². The molecule has 5 rings (SSSR count). The van der Waals surface area contributed by atoms with Crippen LogP contribution in [0.25, 0.3) is 11.0 Å². The summed E-state index contributed by atoms with van der Waals surface area (Å²) in [6.07, 6.45) is 6.22. The van der Waals surface area contributed by atoms with Gasteiger partial charge in [-0.05, 0) is 36.5 Å². The van der Waals surface area contributed by atoms with Crippen molar-refractivity contribution in [1.82, 2.24) is 30.1 Å². The maximum atomic E-state index is 12.8. The molecule has 1 amide bonds. The van der Waals surface area contributed by atoms with Crippen molar-refractivity contribution in [2.75, 3.05) is 13.1 Å². The third kappa shape index (κ3) is 3.82. The first-order valence-corrected chi connectivity index (χ1v) is 11.3. The summed E-state index contributed by atoms with van der Waals surface area (Å²) in [6, 6.07) is 7.54. The summed E-state index contributed by atoms with van der Waals surface area (Å²) in [5.74, 6) is 0.706. The molecule has 2 fully saturated rings. The zero-order valence-corrected chi connectivity index (χ0v) is 18.1. The van der Waals surface area contributed by atoms with E-state index in [9.17, 15) is 9.59 Å². The number of carbonyl (C=O) groups excluding carboxylic acids is 1. The topological polar surface area (TPSA) is 116 Å². The SMILES string of the molecule is C[C@H]1CN(Cc2ccc(C(=O)NO)cc2)C[C@@H]1c1nc2c(cnn2C2CCCC2)c(=O)[nH]1. The number of benzene rings is 1. The predicted molar refractivity (Wildman–Crippen MR) is 119 cm³/mol. The van der Waals surface area contributed by atoms with Crippen LogP contribution in [0.2, 0.25) is 0 Å². The van der Waals surface area contributed by atoms with Gasteiger partial charge in [-0.1, -0.05) is 31.9 Å². The molecule has 3 heterocycles. The highest BCUT2D eigenvalue weighted by Crippen LogP contribution is 2.33. The maximum Gasteiger partial charge on any atom is 0.274 e. The average molecular weight is 437 g/mol. The quantitative estimate of drug-likeness (QED) is 0.418. The lowest BCUT2D eigenvalue weighted by Crippen LogP contribution is -2.22. The van der Waals surface area contributed by atoms with Gasteiger partial charge in [-0.2, -0.15) is 5.10 Å². The Kier molecular flexibility index (Phi) is 5.52. The maximum absolute atomic E-state index is 12.8. The molecule has 9 heteroatoms. The van der Waals surface area contributed by atoms with Crippen LogP contribution < -0.4 is 11.0 Å². The van der Waals surface area contributed by atoms with E-state index in [1.807, 2.05) is 16.8 Å². The van der Waals surface area contributed by atoms with Crippen LogP contribution in [0.1, 0.15) is 66.3 Å². The summed E-state index contributed by atoms with van der Waals surface area (Å²) in [5.41, 5.74) is 3.74. The number of hydroxylamine groups is 1. The Balaban J connectivity index is 1.35. The zero-order chi connectivity index (χ0) is 22.2. The van der Waals surface area contributed by atoms with E-state index in [0.717, 1.165) is 43.9 Å². The Morgan fingerprint density at radius 3 is 2.69 bits per heavy atom. The van der Waals surface area contributed by atoms with Crippen LogP contribution in [0.5, 0.6) is 0 Å². The number of carbonyl (C=O) groups is 1. The fourth-order valence-electron chi connectivity index (χ4n) is 5.18. The summed E-state index contributed by atoms with van der Waals surface area (Å²) in [5, 5.41) is 13.8. The molecule has 0 spiro atoms. The molecule has 1 aliphatic heterocycles. The minimum absolute atomic E-state index is 0.113. The summed E-state index contributed by atoms with van der Waals surface area (Å²) in [4.78, 5) is 34.5. The second-order valence-electron chi connectivity index (χ2n) is 9.13. The highest BCUT2D eigenvalue weighted by atomic mass is 16.5. The molecule has 2 aliphatic rings. The molecule has 0 unspecified atom stereocenters. The fourth-order valence-corrected chi connectivity index (χ4v) is 5.18. The largest absolute Gasteiger partial charge is 0.310 e. The van der Waals surface area contributed by atoms with Gasteiger partial charge in [0.15, 0.2) is 5.65 Å². The highest BCUT2D eigenvalue weighted by molar-refractivity contribution is 5.93. The molecular formula is C23H28N6O3. The molecule has 2 aromatic heterocycles. The van der Waals surface area contributed by atoms with Crippen LogP contribution in [0.15, 0.2) is 35.3 Å². The monoisotopic (exact) mass is 436 g/mol. The van der Waals surface area contributed by atoms with E-state index in [0.29, 0.717) is 28.6 Å². The number of hydrogen-bond donors (Lipinski definition) is 3. The summed E-state index contributed by atoms with van der Waals surface area (Å²) in [6.45, 7) is 4.63. The zero-order valence-electron chi connectivity index (χ0n) is 18.1. The average Bonchev–Trinajstić information content (AvgIpc) is 3.53. The number of aromatic nitrogens is 4. The van der Waals surface area contributed by atoms with Gasteiger partial charge < -0.3 is 4.98 Å². The van der Waals surface area contributed by atoms with Gasteiger partial charge in [0, 0.05) is 31.1 Å². The first-order valence-electron chi connectivity index (χ1n) is 11.3. The number of fused-ring (bicyclic) bond motifs is 1. The number of nitrogens with one attached hydrogen (secondary N) is 2. The summed E-state index contributed by atoms with van der Waals surface area (Å²) in [7, 11) is 0. The van der Waals surface area contributed by atoms with Crippen molar-refractivity contribution in [3.63, 3.8) is 0 Å². The highest BCUT2D eigenvalue weighted by Gasteiger charge is 2.33. The van der Waals surface area contributed by atoms with Gasteiger partial charge in [0.1, 0.15) is 11.2 Å². The van der Waals surface area contributed by atoms with Crippen molar-refractivity contribution >= 4 is 16.9 Å². The Morgan fingerprint density at radius 2 is 1.97 bits per heavy atom. The van der Waals surface area contributed by atoms with Crippen molar-refractivity contribution in [3.05, 3.63) is 57.8 Å². The Bertz CT molecular complexity index is 1180. The molecule has 0 bridgehead atoms. The van der Waals surface area contributed by atoms with Gasteiger partial charge in [-0.3, -0.25) is 19.7 Å². The Morgan fingerprint density at radius 1 is 1.22 bits per heavy atom. The third-order valence-corrected chi connectivity index (χ3v) is 6.92. The fraction of sp³-hybridized carbons (Fsp3) is 0.478. The molecular weight excluding hydrogens is 408 g/mol. The molecule has 1 aromatic carbocycles. The Labute approximate surface area is 185 Å². The number of amides is 1. The molecule has 1 saturated heterocycles. The first-order chi connectivity index (χ1) is 15.5. The third-order valence-electron chi connectivity index (χ3n) is 6.92. The lowest BCUT2D eigenvalue weighted by Gasteiger charge is -2.16. The van der Waals surface area contributed by atoms with E-state index < -0.39 is 5.91 Å². The number of nitrogens with zero attached hydrogens (tertiary/aromatic N) is 4. The molecule has 0 radical (unpaired) electrons. The number of rotatable bonds is 5. The second-order valence-corrected chi connectivity index (χ2v) is 9.13. The van der Waals surface area contributed by atoms with Crippen LogP contribution in [0, 0.1) is 5.92 Å². The second kappa shape index (κ2) is 8.48. The van der Waals surface area contributed by atoms with Crippen molar-refractivity contribution < 1.29 is 10.0 Å². The van der Waals surface area contributed by atoms with E-state index >= 15 is 0 Å². The van der Waals surface area contributed by atoms with Crippen molar-refractivity contribution in [2.24, 2.45) is 5.92 Å². The lowest BCUT2D eigenvalue weighted by atomic mass is 9.97. The molecule has 1 aliphatic carbocycles. The minimum Gasteiger partial charge on any atom is -0.310 e. The molecule has 32 heavy (non-hydrogen) atoms. The minimum atomic E-state index is -0.520. The van der Waals surface area contributed by atoms with E-state index in [-0.39, 0.29) is 11.5 Å². The molecule has 9 nitrogen and oxygen atoms in total. The van der Waals surface area contributed by atoms with Crippen LogP contribution in [0.3, 0.4) is 0 Å². The van der Waals surface area contributed by atoms with E-state index in [1.54, 1.807) is 23.8 Å². The molecule has 1 saturated carbocycles.